The summed E-state index contributed by atoms with van der Waals surface area (Å²) in [4.78, 5) is 5.22. The Morgan fingerprint density at radius 2 is 1.26 bits per heavy atom. The second-order valence-corrected chi connectivity index (χ2v) is 20.0. The molecule has 10 rings (SSSR count). The van der Waals surface area contributed by atoms with Gasteiger partial charge in [-0.15, -0.1) is 0 Å². The fourth-order valence-electron chi connectivity index (χ4n) is 10.5. The van der Waals surface area contributed by atoms with Crippen LogP contribution in [0.15, 0.2) is 83.3 Å². The summed E-state index contributed by atoms with van der Waals surface area (Å²) in [5, 5.41) is 1.18. The molecule has 1 unspecified atom stereocenters. The number of furan rings is 1. The van der Waals surface area contributed by atoms with Gasteiger partial charge in [-0.3, -0.25) is 0 Å². The highest BCUT2D eigenvalue weighted by molar-refractivity contribution is 7.00. The third-order valence-electron chi connectivity index (χ3n) is 13.7. The van der Waals surface area contributed by atoms with Crippen LogP contribution in [0.1, 0.15) is 120 Å². The molecule has 4 heteroatoms. The fourth-order valence-corrected chi connectivity index (χ4v) is 10.5. The van der Waals surface area contributed by atoms with Crippen molar-refractivity contribution in [3.8, 4) is 0 Å². The van der Waals surface area contributed by atoms with E-state index in [4.69, 9.17) is 4.42 Å². The van der Waals surface area contributed by atoms with E-state index < -0.39 is 0 Å². The van der Waals surface area contributed by atoms with E-state index in [0.29, 0.717) is 0 Å². The third kappa shape index (κ3) is 4.37. The van der Waals surface area contributed by atoms with E-state index in [1.54, 1.807) is 0 Å². The van der Waals surface area contributed by atoms with Crippen LogP contribution in [0.3, 0.4) is 0 Å². The molecule has 1 atom stereocenters. The van der Waals surface area contributed by atoms with Crippen molar-refractivity contribution in [2.24, 2.45) is 0 Å². The lowest BCUT2D eigenvalue weighted by Crippen LogP contribution is -2.62. The van der Waals surface area contributed by atoms with Crippen LogP contribution in [0.25, 0.3) is 11.0 Å². The van der Waals surface area contributed by atoms with Gasteiger partial charge in [0.2, 0.25) is 0 Å². The molecular formula is C50H53BN2O. The molecule has 3 aliphatic heterocycles. The van der Waals surface area contributed by atoms with Crippen molar-refractivity contribution in [1.82, 2.24) is 0 Å². The molecule has 4 heterocycles. The molecule has 0 saturated carbocycles. The van der Waals surface area contributed by atoms with E-state index in [9.17, 15) is 0 Å². The molecule has 0 radical (unpaired) electrons. The van der Waals surface area contributed by atoms with E-state index >= 15 is 0 Å². The Hall–Kier alpha value is -4.70. The SMILES string of the molecule is Cc1cc2c3c(c1)N(c1ccc(C(C)(C)C)cc1C)c1c(oc4ccc(C)cc14)B3c1ccc3c4c1N2c1ccc(C(C)(C)C)cc1C4(C)CCC3(C)C. The predicted molar refractivity (Wildman–Crippen MR) is 231 cm³/mol. The second kappa shape index (κ2) is 10.5. The van der Waals surface area contributed by atoms with Gasteiger partial charge in [-0.1, -0.05) is 110 Å². The van der Waals surface area contributed by atoms with Crippen LogP contribution in [0.2, 0.25) is 0 Å². The Bertz CT molecular complexity index is 2630. The number of hydrogen-bond donors (Lipinski definition) is 0. The Morgan fingerprint density at radius 1 is 0.611 bits per heavy atom. The third-order valence-corrected chi connectivity index (χ3v) is 13.7. The van der Waals surface area contributed by atoms with Gasteiger partial charge in [0.25, 0.3) is 6.71 Å². The molecule has 1 aromatic heterocycles. The van der Waals surface area contributed by atoms with Crippen LogP contribution < -0.4 is 26.4 Å². The van der Waals surface area contributed by atoms with Crippen molar-refractivity contribution >= 4 is 68.4 Å². The van der Waals surface area contributed by atoms with Crippen LogP contribution in [-0.2, 0) is 21.7 Å². The highest BCUT2D eigenvalue weighted by Crippen LogP contribution is 2.61. The Balaban J connectivity index is 1.35. The fraction of sp³-hybridized carbons (Fsp3) is 0.360. The van der Waals surface area contributed by atoms with Crippen molar-refractivity contribution in [2.45, 2.75) is 118 Å². The highest BCUT2D eigenvalue weighted by Gasteiger charge is 2.54. The van der Waals surface area contributed by atoms with E-state index in [2.05, 4.69) is 172 Å². The number of fused-ring (bicyclic) bond motifs is 9. The summed E-state index contributed by atoms with van der Waals surface area (Å²) < 4.78 is 7.20. The molecule has 0 saturated heterocycles. The van der Waals surface area contributed by atoms with Gasteiger partial charge in [0.15, 0.2) is 0 Å². The minimum atomic E-state index is -0.103. The van der Waals surface area contributed by atoms with Crippen molar-refractivity contribution in [3.05, 3.63) is 123 Å². The van der Waals surface area contributed by atoms with Gasteiger partial charge < -0.3 is 14.2 Å². The lowest BCUT2D eigenvalue weighted by atomic mass is 9.34. The Morgan fingerprint density at radius 3 is 1.93 bits per heavy atom. The van der Waals surface area contributed by atoms with Crippen molar-refractivity contribution in [1.29, 1.82) is 0 Å². The lowest BCUT2D eigenvalue weighted by Gasteiger charge is -2.54. The molecule has 0 amide bonds. The largest absolute Gasteiger partial charge is 0.468 e. The zero-order valence-corrected chi connectivity index (χ0v) is 34.3. The molecule has 5 aromatic carbocycles. The molecular weight excluding hydrogens is 655 g/mol. The molecule has 0 N–H and O–H groups in total. The molecule has 3 nitrogen and oxygen atoms in total. The average Bonchev–Trinajstić information content (AvgIpc) is 3.47. The van der Waals surface area contributed by atoms with Gasteiger partial charge in [0.05, 0.1) is 17.0 Å². The first-order valence-corrected chi connectivity index (χ1v) is 20.1. The first-order chi connectivity index (χ1) is 25.4. The topological polar surface area (TPSA) is 19.6 Å². The lowest BCUT2D eigenvalue weighted by molar-refractivity contribution is 0.348. The molecule has 1 aliphatic carbocycles. The summed E-state index contributed by atoms with van der Waals surface area (Å²) in [5.41, 5.74) is 23.4. The second-order valence-electron chi connectivity index (χ2n) is 20.0. The first-order valence-electron chi connectivity index (χ1n) is 20.1. The van der Waals surface area contributed by atoms with Crippen LogP contribution in [0.4, 0.5) is 34.1 Å². The molecule has 4 aliphatic rings. The number of hydrogen-bond acceptors (Lipinski definition) is 3. The summed E-state index contributed by atoms with van der Waals surface area (Å²) in [6.07, 6.45) is 2.29. The molecule has 0 spiro atoms. The quantitative estimate of drug-likeness (QED) is 0.158. The number of rotatable bonds is 1. The first kappa shape index (κ1) is 33.8. The van der Waals surface area contributed by atoms with Gasteiger partial charge in [-0.25, -0.2) is 0 Å². The summed E-state index contributed by atoms with van der Waals surface area (Å²) in [7, 11) is 0. The van der Waals surface area contributed by atoms with Gasteiger partial charge >= 0.3 is 0 Å². The maximum absolute atomic E-state index is 7.20. The highest BCUT2D eigenvalue weighted by atomic mass is 16.3. The van der Waals surface area contributed by atoms with E-state index in [1.165, 1.54) is 94.9 Å². The minimum absolute atomic E-state index is 0.0371. The number of benzene rings is 5. The van der Waals surface area contributed by atoms with Gasteiger partial charge in [-0.05, 0) is 136 Å². The van der Waals surface area contributed by atoms with E-state index in [1.807, 2.05) is 0 Å². The molecule has 6 aromatic rings. The standard InChI is InChI=1S/C50H53BN2O/c1-28-13-20-41-33(23-28)44-46(54-41)51-36-17-16-34-42-45(36)53(38-19-15-32(48(7,8)9)27-35(38)50(42,12)22-21-49(34,10)11)40-25-29(2)24-39(43(40)51)52(44)37-18-14-31(26-30(37)3)47(4,5)6/h13-20,23-27H,21-22H2,1-12H3. The molecule has 54 heavy (non-hydrogen) atoms. The predicted octanol–water partition coefficient (Wildman–Crippen LogP) is 11.7. The Kier molecular flexibility index (Phi) is 6.60. The molecule has 0 fully saturated rings. The summed E-state index contributed by atoms with van der Waals surface area (Å²) in [5.74, 6) is 0. The maximum Gasteiger partial charge on any atom is 0.297 e. The zero-order valence-electron chi connectivity index (χ0n) is 34.3. The van der Waals surface area contributed by atoms with Crippen molar-refractivity contribution in [3.63, 3.8) is 0 Å². The molecule has 272 valence electrons. The maximum atomic E-state index is 7.20. The van der Waals surface area contributed by atoms with E-state index in [0.717, 1.165) is 24.1 Å². The average molecular weight is 709 g/mol. The zero-order chi connectivity index (χ0) is 38.0. The Labute approximate surface area is 322 Å². The number of anilines is 6. The summed E-state index contributed by atoms with van der Waals surface area (Å²) in [6.45, 7) is 28.1. The number of aryl methyl sites for hydroxylation is 3. The van der Waals surface area contributed by atoms with E-state index in [-0.39, 0.29) is 28.4 Å². The van der Waals surface area contributed by atoms with Gasteiger partial charge in [-0.2, -0.15) is 0 Å². The number of nitrogens with zero attached hydrogens (tertiary/aromatic N) is 2. The van der Waals surface area contributed by atoms with Crippen LogP contribution in [-0.4, -0.2) is 6.71 Å². The van der Waals surface area contributed by atoms with Crippen LogP contribution in [0.5, 0.6) is 0 Å². The monoisotopic (exact) mass is 708 g/mol. The van der Waals surface area contributed by atoms with Gasteiger partial charge in [0, 0.05) is 33.6 Å². The van der Waals surface area contributed by atoms with Crippen LogP contribution in [0, 0.1) is 20.8 Å². The molecule has 0 bridgehead atoms. The van der Waals surface area contributed by atoms with Crippen molar-refractivity contribution < 1.29 is 4.42 Å². The minimum Gasteiger partial charge on any atom is -0.468 e. The van der Waals surface area contributed by atoms with Crippen LogP contribution >= 0.6 is 0 Å². The van der Waals surface area contributed by atoms with Crippen molar-refractivity contribution in [2.75, 3.05) is 9.80 Å². The summed E-state index contributed by atoms with van der Waals surface area (Å²) in [6, 6.07) is 31.1. The summed E-state index contributed by atoms with van der Waals surface area (Å²) >= 11 is 0. The normalized spacial score (nSPS) is 19.1. The van der Waals surface area contributed by atoms with Gasteiger partial charge in [0.1, 0.15) is 5.58 Å². The smallest absolute Gasteiger partial charge is 0.297 e.